The first kappa shape index (κ1) is 21.7. The third kappa shape index (κ3) is 6.53. The van der Waals surface area contributed by atoms with Crippen molar-refractivity contribution < 1.29 is 22.3 Å². The van der Waals surface area contributed by atoms with Gasteiger partial charge in [0.2, 0.25) is 15.9 Å². The van der Waals surface area contributed by atoms with E-state index >= 15 is 0 Å². The Morgan fingerprint density at radius 2 is 1.82 bits per heavy atom. The lowest BCUT2D eigenvalue weighted by atomic mass is 10.2. The number of para-hydroxylation sites is 1. The van der Waals surface area contributed by atoms with Crippen molar-refractivity contribution in [3.8, 4) is 5.75 Å². The number of carbonyl (C=O) groups excluding carboxylic acids is 1. The number of nitrogens with one attached hydrogen (secondary N) is 1. The lowest BCUT2D eigenvalue weighted by Gasteiger charge is -2.22. The maximum Gasteiger partial charge on any atom is 0.232 e. The predicted molar refractivity (Wildman–Crippen MR) is 107 cm³/mol. The predicted octanol–water partition coefficient (Wildman–Crippen LogP) is 3.09. The van der Waals surface area contributed by atoms with Crippen LogP contribution in [0.3, 0.4) is 0 Å². The first-order valence-electron chi connectivity index (χ1n) is 9.02. The van der Waals surface area contributed by atoms with Gasteiger partial charge in [0.05, 0.1) is 18.6 Å². The molecule has 0 atom stereocenters. The minimum atomic E-state index is -3.65. The summed E-state index contributed by atoms with van der Waals surface area (Å²) in [6.45, 7) is 2.89. The number of hydrogen-bond donors (Lipinski definition) is 1. The SMILES string of the molecule is CCOc1ccc(CNC(=O)CCCN(c2ccccc2F)S(C)(=O)=O)cc1. The Bertz CT molecular complexity index is 885. The molecular formula is C20H25FN2O4S. The van der Waals surface area contributed by atoms with Crippen molar-refractivity contribution in [3.05, 3.63) is 59.9 Å². The van der Waals surface area contributed by atoms with E-state index in [9.17, 15) is 17.6 Å². The highest BCUT2D eigenvalue weighted by Gasteiger charge is 2.20. The van der Waals surface area contributed by atoms with Crippen LogP contribution >= 0.6 is 0 Å². The summed E-state index contributed by atoms with van der Waals surface area (Å²) in [5, 5.41) is 2.79. The minimum absolute atomic E-state index is 0.0141. The highest BCUT2D eigenvalue weighted by atomic mass is 32.2. The Morgan fingerprint density at radius 1 is 1.14 bits per heavy atom. The number of amides is 1. The van der Waals surface area contributed by atoms with Crippen LogP contribution in [0.1, 0.15) is 25.3 Å². The number of sulfonamides is 1. The maximum absolute atomic E-state index is 13.9. The summed E-state index contributed by atoms with van der Waals surface area (Å²) in [6, 6.07) is 13.1. The lowest BCUT2D eigenvalue weighted by Crippen LogP contribution is -2.32. The van der Waals surface area contributed by atoms with Crippen molar-refractivity contribution in [1.29, 1.82) is 0 Å². The number of rotatable bonds is 10. The smallest absolute Gasteiger partial charge is 0.232 e. The molecule has 0 radical (unpaired) electrons. The molecule has 8 heteroatoms. The summed E-state index contributed by atoms with van der Waals surface area (Å²) < 4.78 is 44.3. The Balaban J connectivity index is 1.85. The van der Waals surface area contributed by atoms with Gasteiger partial charge in [0.1, 0.15) is 11.6 Å². The molecule has 1 N–H and O–H groups in total. The van der Waals surface area contributed by atoms with Gasteiger partial charge < -0.3 is 10.1 Å². The number of nitrogens with zero attached hydrogens (tertiary/aromatic N) is 1. The Kier molecular flexibility index (Phi) is 7.80. The highest BCUT2D eigenvalue weighted by molar-refractivity contribution is 7.92. The average Bonchev–Trinajstić information content (AvgIpc) is 2.65. The van der Waals surface area contributed by atoms with Crippen LogP contribution < -0.4 is 14.4 Å². The lowest BCUT2D eigenvalue weighted by molar-refractivity contribution is -0.121. The number of anilines is 1. The highest BCUT2D eigenvalue weighted by Crippen LogP contribution is 2.21. The number of benzene rings is 2. The maximum atomic E-state index is 13.9. The van der Waals surface area contributed by atoms with Crippen LogP contribution in [0.15, 0.2) is 48.5 Å². The second-order valence-corrected chi connectivity index (χ2v) is 8.15. The Labute approximate surface area is 165 Å². The van der Waals surface area contributed by atoms with Crippen molar-refractivity contribution in [3.63, 3.8) is 0 Å². The molecule has 0 spiro atoms. The zero-order chi connectivity index (χ0) is 20.6. The van der Waals surface area contributed by atoms with Gasteiger partial charge in [-0.2, -0.15) is 0 Å². The summed E-state index contributed by atoms with van der Waals surface area (Å²) >= 11 is 0. The normalized spacial score (nSPS) is 11.1. The van der Waals surface area contributed by atoms with Gasteiger partial charge in [-0.3, -0.25) is 9.10 Å². The van der Waals surface area contributed by atoms with Crippen LogP contribution in [0.25, 0.3) is 0 Å². The van der Waals surface area contributed by atoms with E-state index < -0.39 is 15.8 Å². The molecule has 0 aliphatic rings. The zero-order valence-corrected chi connectivity index (χ0v) is 16.8. The minimum Gasteiger partial charge on any atom is -0.494 e. The molecule has 6 nitrogen and oxygen atoms in total. The molecule has 0 fully saturated rings. The molecule has 28 heavy (non-hydrogen) atoms. The van der Waals surface area contributed by atoms with Gasteiger partial charge >= 0.3 is 0 Å². The van der Waals surface area contributed by atoms with E-state index in [2.05, 4.69) is 5.32 Å². The molecule has 152 valence electrons. The molecule has 2 rings (SSSR count). The number of halogens is 1. The van der Waals surface area contributed by atoms with Gasteiger partial charge in [0.25, 0.3) is 0 Å². The van der Waals surface area contributed by atoms with E-state index in [0.29, 0.717) is 13.2 Å². The first-order valence-corrected chi connectivity index (χ1v) is 10.9. The van der Waals surface area contributed by atoms with Gasteiger partial charge in [0.15, 0.2) is 0 Å². The average molecular weight is 408 g/mol. The topological polar surface area (TPSA) is 75.7 Å². The molecule has 0 saturated carbocycles. The molecular weight excluding hydrogens is 383 g/mol. The first-order chi connectivity index (χ1) is 13.3. The van der Waals surface area contributed by atoms with Crippen molar-refractivity contribution in [2.45, 2.75) is 26.3 Å². The van der Waals surface area contributed by atoms with E-state index in [4.69, 9.17) is 4.74 Å². The summed E-state index contributed by atoms with van der Waals surface area (Å²) in [7, 11) is -3.65. The molecule has 2 aromatic carbocycles. The quantitative estimate of drug-likeness (QED) is 0.656. The number of ether oxygens (including phenoxy) is 1. The fourth-order valence-electron chi connectivity index (χ4n) is 2.66. The summed E-state index contributed by atoms with van der Waals surface area (Å²) in [5.41, 5.74) is 0.917. The summed E-state index contributed by atoms with van der Waals surface area (Å²) in [4.78, 5) is 12.0. The molecule has 0 saturated heterocycles. The van der Waals surface area contributed by atoms with E-state index in [1.54, 1.807) is 6.07 Å². The molecule has 0 unspecified atom stereocenters. The molecule has 1 amide bonds. The third-order valence-electron chi connectivity index (χ3n) is 4.01. The molecule has 2 aromatic rings. The second kappa shape index (κ2) is 10.1. The molecule has 0 bridgehead atoms. The largest absolute Gasteiger partial charge is 0.494 e. The molecule has 0 aliphatic carbocycles. The molecule has 0 aliphatic heterocycles. The van der Waals surface area contributed by atoms with Crippen LogP contribution in [-0.4, -0.2) is 33.7 Å². The number of carbonyl (C=O) groups is 1. The van der Waals surface area contributed by atoms with Gasteiger partial charge in [0, 0.05) is 19.5 Å². The van der Waals surface area contributed by atoms with E-state index in [0.717, 1.165) is 21.9 Å². The fourth-order valence-corrected chi connectivity index (χ4v) is 3.63. The van der Waals surface area contributed by atoms with Gasteiger partial charge in [-0.25, -0.2) is 12.8 Å². The third-order valence-corrected chi connectivity index (χ3v) is 5.19. The van der Waals surface area contributed by atoms with Crippen molar-refractivity contribution in [1.82, 2.24) is 5.32 Å². The van der Waals surface area contributed by atoms with Crippen LogP contribution in [-0.2, 0) is 21.4 Å². The van der Waals surface area contributed by atoms with Crippen molar-refractivity contribution in [2.75, 3.05) is 23.7 Å². The monoisotopic (exact) mass is 408 g/mol. The molecule has 0 heterocycles. The zero-order valence-electron chi connectivity index (χ0n) is 16.0. The standard InChI is InChI=1S/C20H25FN2O4S/c1-3-27-17-12-10-16(11-13-17)15-22-20(24)9-6-14-23(28(2,25)26)19-8-5-4-7-18(19)21/h4-5,7-8,10-13H,3,6,9,14-15H2,1-2H3,(H,22,24). The second-order valence-electron chi connectivity index (χ2n) is 6.24. The summed E-state index contributed by atoms with van der Waals surface area (Å²) in [5.74, 6) is -0.0460. The van der Waals surface area contributed by atoms with Crippen LogP contribution in [0, 0.1) is 5.82 Å². The molecule has 0 aromatic heterocycles. The Morgan fingerprint density at radius 3 is 2.43 bits per heavy atom. The van der Waals surface area contributed by atoms with E-state index in [1.807, 2.05) is 31.2 Å². The van der Waals surface area contributed by atoms with Crippen LogP contribution in [0.4, 0.5) is 10.1 Å². The summed E-state index contributed by atoms with van der Waals surface area (Å²) in [6.07, 6.45) is 1.43. The van der Waals surface area contributed by atoms with Crippen molar-refractivity contribution >= 4 is 21.6 Å². The fraction of sp³-hybridized carbons (Fsp3) is 0.350. The Hall–Kier alpha value is -2.61. The van der Waals surface area contributed by atoms with Gasteiger partial charge in [-0.05, 0) is 43.2 Å². The number of hydrogen-bond acceptors (Lipinski definition) is 4. The van der Waals surface area contributed by atoms with E-state index in [1.165, 1.54) is 18.2 Å². The van der Waals surface area contributed by atoms with E-state index in [-0.39, 0.29) is 31.0 Å². The van der Waals surface area contributed by atoms with Crippen LogP contribution in [0.5, 0.6) is 5.75 Å². The van der Waals surface area contributed by atoms with Crippen LogP contribution in [0.2, 0.25) is 0 Å². The van der Waals surface area contributed by atoms with Gasteiger partial charge in [-0.1, -0.05) is 24.3 Å². The van der Waals surface area contributed by atoms with Crippen molar-refractivity contribution in [2.24, 2.45) is 0 Å². The van der Waals surface area contributed by atoms with Gasteiger partial charge in [-0.15, -0.1) is 0 Å².